The molecule has 0 saturated carbocycles. The van der Waals surface area contributed by atoms with Crippen molar-refractivity contribution in [3.63, 3.8) is 0 Å². The summed E-state index contributed by atoms with van der Waals surface area (Å²) in [5, 5.41) is 4.43. The number of thiophene rings is 2. The van der Waals surface area contributed by atoms with Crippen LogP contribution in [0, 0.1) is 5.92 Å². The van der Waals surface area contributed by atoms with E-state index in [2.05, 4.69) is 9.72 Å². The summed E-state index contributed by atoms with van der Waals surface area (Å²) < 4.78 is 6.02. The molecule has 0 aliphatic rings. The van der Waals surface area contributed by atoms with Crippen molar-refractivity contribution < 1.29 is 14.3 Å². The molecule has 0 unspecified atom stereocenters. The van der Waals surface area contributed by atoms with Crippen LogP contribution in [0.25, 0.3) is 20.7 Å². The van der Waals surface area contributed by atoms with Gasteiger partial charge in [0.1, 0.15) is 11.4 Å². The van der Waals surface area contributed by atoms with E-state index >= 15 is 0 Å². The van der Waals surface area contributed by atoms with E-state index in [4.69, 9.17) is 0 Å². The molecule has 0 aromatic carbocycles. The number of amides is 1. The molecule has 0 radical (unpaired) electrons. The minimum absolute atomic E-state index is 0.116. The zero-order valence-corrected chi connectivity index (χ0v) is 18.2. The lowest BCUT2D eigenvalue weighted by Crippen LogP contribution is -2.40. The fourth-order valence-electron chi connectivity index (χ4n) is 3.03. The van der Waals surface area contributed by atoms with E-state index in [1.54, 1.807) is 16.2 Å². The first-order valence-electron chi connectivity index (χ1n) is 9.25. The third kappa shape index (κ3) is 4.91. The molecule has 0 spiro atoms. The molecule has 3 heterocycles. The van der Waals surface area contributed by atoms with Crippen LogP contribution in [0.5, 0.6) is 0 Å². The number of rotatable bonds is 8. The maximum atomic E-state index is 13.1. The Balaban J connectivity index is 1.86. The predicted molar refractivity (Wildman–Crippen MR) is 115 cm³/mol. The Morgan fingerprint density at radius 3 is 2.76 bits per heavy atom. The van der Waals surface area contributed by atoms with E-state index in [9.17, 15) is 14.4 Å². The molecule has 3 aromatic rings. The zero-order chi connectivity index (χ0) is 21.0. The smallest absolute Gasteiger partial charge is 0.307 e. The standard InChI is InChI=1S/C20H23N3O4S2/c1-13(2)9-22(7-6-17(25)27-3)16(24)10-23-12-21-19-18(20(23)26)14(11-29-19)15-5-4-8-28-15/h4-5,8,11-13H,6-7,9-10H2,1-3H3. The lowest BCUT2D eigenvalue weighted by Gasteiger charge is -2.24. The molecule has 0 fully saturated rings. The van der Waals surface area contributed by atoms with Crippen LogP contribution in [-0.2, 0) is 20.9 Å². The van der Waals surface area contributed by atoms with Crippen LogP contribution in [0.4, 0.5) is 0 Å². The topological polar surface area (TPSA) is 81.5 Å². The van der Waals surface area contributed by atoms with Crippen molar-refractivity contribution in [2.75, 3.05) is 20.2 Å². The molecule has 1 amide bonds. The van der Waals surface area contributed by atoms with Gasteiger partial charge in [-0.3, -0.25) is 19.0 Å². The summed E-state index contributed by atoms with van der Waals surface area (Å²) in [5.41, 5.74) is 0.620. The summed E-state index contributed by atoms with van der Waals surface area (Å²) in [6.45, 7) is 4.63. The summed E-state index contributed by atoms with van der Waals surface area (Å²) in [5.74, 6) is -0.361. The molecule has 3 aromatic heterocycles. The quantitative estimate of drug-likeness (QED) is 0.510. The van der Waals surface area contributed by atoms with Gasteiger partial charge in [-0.1, -0.05) is 19.9 Å². The van der Waals surface area contributed by atoms with Crippen molar-refractivity contribution in [3.05, 3.63) is 39.6 Å². The molecule has 9 heteroatoms. The number of ether oxygens (including phenoxy) is 1. The van der Waals surface area contributed by atoms with E-state index in [1.807, 2.05) is 36.7 Å². The molecule has 7 nitrogen and oxygen atoms in total. The highest BCUT2D eigenvalue weighted by atomic mass is 32.1. The normalized spacial score (nSPS) is 11.2. The largest absolute Gasteiger partial charge is 0.469 e. The number of carbonyl (C=O) groups excluding carboxylic acids is 2. The van der Waals surface area contributed by atoms with Gasteiger partial charge in [0.25, 0.3) is 5.56 Å². The minimum Gasteiger partial charge on any atom is -0.469 e. The number of hydrogen-bond donors (Lipinski definition) is 0. The van der Waals surface area contributed by atoms with Gasteiger partial charge in [-0.25, -0.2) is 4.98 Å². The molecule has 29 heavy (non-hydrogen) atoms. The van der Waals surface area contributed by atoms with Crippen LogP contribution >= 0.6 is 22.7 Å². The van der Waals surface area contributed by atoms with Gasteiger partial charge >= 0.3 is 5.97 Å². The van der Waals surface area contributed by atoms with Crippen LogP contribution < -0.4 is 5.56 Å². The molecular formula is C20H23N3O4S2. The van der Waals surface area contributed by atoms with Gasteiger partial charge in [0.15, 0.2) is 0 Å². The molecule has 154 valence electrons. The average Bonchev–Trinajstić information content (AvgIpc) is 3.36. The van der Waals surface area contributed by atoms with Gasteiger partial charge in [0, 0.05) is 28.9 Å². The van der Waals surface area contributed by atoms with Crippen LogP contribution in [0.2, 0.25) is 0 Å². The zero-order valence-electron chi connectivity index (χ0n) is 16.6. The lowest BCUT2D eigenvalue weighted by atomic mass is 10.2. The van der Waals surface area contributed by atoms with Gasteiger partial charge < -0.3 is 9.64 Å². The number of hydrogen-bond acceptors (Lipinski definition) is 7. The maximum Gasteiger partial charge on any atom is 0.307 e. The third-order valence-electron chi connectivity index (χ3n) is 4.40. The number of aromatic nitrogens is 2. The second kappa shape index (κ2) is 9.32. The molecule has 0 bridgehead atoms. The number of nitrogens with zero attached hydrogens (tertiary/aromatic N) is 3. The molecule has 0 aliphatic carbocycles. The van der Waals surface area contributed by atoms with Crippen molar-refractivity contribution in [2.45, 2.75) is 26.8 Å². The fourth-order valence-corrected chi connectivity index (χ4v) is 4.75. The second-order valence-corrected chi connectivity index (χ2v) is 8.85. The van der Waals surface area contributed by atoms with E-state index in [1.165, 1.54) is 29.3 Å². The number of carbonyl (C=O) groups is 2. The number of methoxy groups -OCH3 is 1. The Morgan fingerprint density at radius 1 is 1.31 bits per heavy atom. The summed E-state index contributed by atoms with van der Waals surface area (Å²) in [6.07, 6.45) is 1.54. The molecule has 3 rings (SSSR count). The number of fused-ring (bicyclic) bond motifs is 1. The monoisotopic (exact) mass is 433 g/mol. The Morgan fingerprint density at radius 2 is 2.10 bits per heavy atom. The Kier molecular flexibility index (Phi) is 6.81. The van der Waals surface area contributed by atoms with Crippen molar-refractivity contribution in [1.82, 2.24) is 14.5 Å². The first-order chi connectivity index (χ1) is 13.9. The van der Waals surface area contributed by atoms with Crippen molar-refractivity contribution in [1.29, 1.82) is 0 Å². The third-order valence-corrected chi connectivity index (χ3v) is 6.19. The van der Waals surface area contributed by atoms with Gasteiger partial charge in [0.2, 0.25) is 5.91 Å². The Bertz CT molecular complexity index is 1050. The number of esters is 1. The molecule has 0 atom stereocenters. The Labute approximate surface area is 176 Å². The highest BCUT2D eigenvalue weighted by Crippen LogP contribution is 2.33. The molecule has 0 aliphatic heterocycles. The summed E-state index contributed by atoms with van der Waals surface area (Å²) in [6, 6.07) is 3.90. The van der Waals surface area contributed by atoms with Gasteiger partial charge in [0.05, 0.1) is 25.2 Å². The highest BCUT2D eigenvalue weighted by molar-refractivity contribution is 7.18. The molecular weight excluding hydrogens is 410 g/mol. The van der Waals surface area contributed by atoms with Crippen LogP contribution in [0.1, 0.15) is 20.3 Å². The fraction of sp³-hybridized carbons (Fsp3) is 0.400. The van der Waals surface area contributed by atoms with Crippen molar-refractivity contribution >= 4 is 44.8 Å². The first-order valence-corrected chi connectivity index (χ1v) is 11.0. The minimum atomic E-state index is -0.370. The molecule has 0 saturated heterocycles. The average molecular weight is 434 g/mol. The van der Waals surface area contributed by atoms with Crippen molar-refractivity contribution in [3.8, 4) is 10.4 Å². The summed E-state index contributed by atoms with van der Waals surface area (Å²) in [7, 11) is 1.32. The van der Waals surface area contributed by atoms with E-state index in [-0.39, 0.29) is 42.9 Å². The summed E-state index contributed by atoms with van der Waals surface area (Å²) in [4.78, 5) is 45.1. The predicted octanol–water partition coefficient (Wildman–Crippen LogP) is 3.23. The second-order valence-electron chi connectivity index (χ2n) is 7.04. The Hall–Kier alpha value is -2.52. The van der Waals surface area contributed by atoms with Crippen molar-refractivity contribution in [2.24, 2.45) is 5.92 Å². The highest BCUT2D eigenvalue weighted by Gasteiger charge is 2.20. The maximum absolute atomic E-state index is 13.1. The van der Waals surface area contributed by atoms with Crippen LogP contribution in [0.3, 0.4) is 0 Å². The first kappa shape index (κ1) is 21.2. The van der Waals surface area contributed by atoms with Crippen LogP contribution in [-0.4, -0.2) is 46.5 Å². The van der Waals surface area contributed by atoms with E-state index in [0.717, 1.165) is 10.4 Å². The summed E-state index contributed by atoms with van der Waals surface area (Å²) >= 11 is 2.98. The van der Waals surface area contributed by atoms with Gasteiger partial charge in [-0.15, -0.1) is 22.7 Å². The van der Waals surface area contributed by atoms with E-state index < -0.39 is 0 Å². The lowest BCUT2D eigenvalue weighted by molar-refractivity contribution is -0.142. The SMILES string of the molecule is COC(=O)CCN(CC(C)C)C(=O)Cn1cnc2scc(-c3cccs3)c2c1=O. The van der Waals surface area contributed by atoms with Gasteiger partial charge in [-0.05, 0) is 17.4 Å². The van der Waals surface area contributed by atoms with E-state index in [0.29, 0.717) is 16.8 Å². The van der Waals surface area contributed by atoms with Gasteiger partial charge in [-0.2, -0.15) is 0 Å². The van der Waals surface area contributed by atoms with Crippen LogP contribution in [0.15, 0.2) is 34.0 Å². The molecule has 0 N–H and O–H groups in total.